The molecule has 4 rings (SSSR count). The average molecular weight is 396 g/mol. The van der Waals surface area contributed by atoms with Crippen LogP contribution in [0.25, 0.3) is 16.9 Å². The fourth-order valence-corrected chi connectivity index (χ4v) is 2.98. The lowest BCUT2D eigenvalue weighted by molar-refractivity contribution is 0.0955. The molecule has 6 heteroatoms. The smallest absolute Gasteiger partial charge is 0.275 e. The molecule has 0 saturated carbocycles. The number of nitrogens with one attached hydrogen (secondary N) is 1. The van der Waals surface area contributed by atoms with Crippen molar-refractivity contribution in [3.05, 3.63) is 102 Å². The molecule has 0 aliphatic carbocycles. The number of rotatable bonds is 6. The number of aromatic nitrogens is 2. The Hall–Kier alpha value is -4.19. The number of ether oxygens (including phenoxy) is 1. The molecule has 1 heterocycles. The summed E-state index contributed by atoms with van der Waals surface area (Å²) in [6.45, 7) is 0. The molecule has 1 aromatic heterocycles. The van der Waals surface area contributed by atoms with Gasteiger partial charge in [0.2, 0.25) is 0 Å². The number of methoxy groups -OCH3 is 1. The quantitative estimate of drug-likeness (QED) is 0.390. The first-order valence-corrected chi connectivity index (χ1v) is 9.42. The zero-order valence-electron chi connectivity index (χ0n) is 16.4. The van der Waals surface area contributed by atoms with E-state index in [1.807, 2.05) is 84.9 Å². The molecular formula is C24H20N4O2. The molecule has 0 saturated heterocycles. The van der Waals surface area contributed by atoms with Gasteiger partial charge in [0.15, 0.2) is 0 Å². The molecule has 4 aromatic rings. The minimum Gasteiger partial charge on any atom is -0.497 e. The lowest BCUT2D eigenvalue weighted by Crippen LogP contribution is -2.17. The first-order valence-electron chi connectivity index (χ1n) is 9.42. The van der Waals surface area contributed by atoms with Gasteiger partial charge in [-0.15, -0.1) is 0 Å². The number of para-hydroxylation sites is 1. The molecule has 0 aliphatic rings. The molecule has 0 spiro atoms. The topological polar surface area (TPSA) is 68.5 Å². The van der Waals surface area contributed by atoms with E-state index in [1.165, 1.54) is 0 Å². The highest BCUT2D eigenvalue weighted by atomic mass is 16.5. The minimum absolute atomic E-state index is 0.338. The maximum absolute atomic E-state index is 12.9. The van der Waals surface area contributed by atoms with Crippen molar-refractivity contribution < 1.29 is 9.53 Å². The second kappa shape index (κ2) is 8.87. The van der Waals surface area contributed by atoms with Crippen LogP contribution in [0.3, 0.4) is 0 Å². The number of nitrogens with zero attached hydrogens (tertiary/aromatic N) is 3. The molecule has 0 aliphatic heterocycles. The monoisotopic (exact) mass is 396 g/mol. The van der Waals surface area contributed by atoms with Gasteiger partial charge in [-0.2, -0.15) is 10.2 Å². The van der Waals surface area contributed by atoms with Crippen LogP contribution in [0.4, 0.5) is 0 Å². The van der Waals surface area contributed by atoms with E-state index >= 15 is 0 Å². The third-order valence-electron chi connectivity index (χ3n) is 4.52. The van der Waals surface area contributed by atoms with E-state index in [4.69, 9.17) is 4.74 Å². The summed E-state index contributed by atoms with van der Waals surface area (Å²) in [5.41, 5.74) is 6.15. The van der Waals surface area contributed by atoms with Crippen molar-refractivity contribution in [3.63, 3.8) is 0 Å². The largest absolute Gasteiger partial charge is 0.497 e. The van der Waals surface area contributed by atoms with Gasteiger partial charge in [0.25, 0.3) is 5.91 Å². The Morgan fingerprint density at radius 2 is 1.63 bits per heavy atom. The van der Waals surface area contributed by atoms with Gasteiger partial charge in [-0.1, -0.05) is 48.5 Å². The van der Waals surface area contributed by atoms with Crippen LogP contribution in [0.2, 0.25) is 0 Å². The third-order valence-corrected chi connectivity index (χ3v) is 4.52. The van der Waals surface area contributed by atoms with Crippen molar-refractivity contribution in [1.29, 1.82) is 0 Å². The molecule has 1 N–H and O–H groups in total. The molecule has 148 valence electrons. The van der Waals surface area contributed by atoms with Gasteiger partial charge in [-0.3, -0.25) is 4.79 Å². The fourth-order valence-electron chi connectivity index (χ4n) is 2.98. The number of benzene rings is 3. The Labute approximate surface area is 174 Å². The van der Waals surface area contributed by atoms with Crippen LogP contribution in [0.15, 0.2) is 96.2 Å². The summed E-state index contributed by atoms with van der Waals surface area (Å²) in [5, 5.41) is 8.74. The molecule has 1 amide bonds. The van der Waals surface area contributed by atoms with Crippen molar-refractivity contribution in [2.45, 2.75) is 0 Å². The van der Waals surface area contributed by atoms with Crippen molar-refractivity contribution in [1.82, 2.24) is 15.2 Å². The van der Waals surface area contributed by atoms with Crippen LogP contribution >= 0.6 is 0 Å². The Kier molecular flexibility index (Phi) is 5.66. The van der Waals surface area contributed by atoms with Gasteiger partial charge >= 0.3 is 0 Å². The van der Waals surface area contributed by atoms with Gasteiger partial charge in [-0.05, 0) is 42.0 Å². The van der Waals surface area contributed by atoms with E-state index in [0.717, 1.165) is 22.6 Å². The van der Waals surface area contributed by atoms with Crippen molar-refractivity contribution in [2.75, 3.05) is 7.11 Å². The predicted molar refractivity (Wildman–Crippen MR) is 117 cm³/mol. The van der Waals surface area contributed by atoms with Gasteiger partial charge in [-0.25, -0.2) is 10.1 Å². The van der Waals surface area contributed by atoms with Crippen LogP contribution in [0.5, 0.6) is 5.75 Å². The van der Waals surface area contributed by atoms with Crippen LogP contribution in [-0.4, -0.2) is 29.0 Å². The SMILES string of the molecule is COc1ccc(-c2nn(-c3ccccc3)cc2C(=O)N/N=C/c2ccccc2)cc1. The number of carbonyl (C=O) groups is 1. The minimum atomic E-state index is -0.338. The summed E-state index contributed by atoms with van der Waals surface area (Å²) < 4.78 is 6.92. The molecule has 0 unspecified atom stereocenters. The van der Waals surface area contributed by atoms with Gasteiger partial charge < -0.3 is 4.74 Å². The molecular weight excluding hydrogens is 376 g/mol. The molecule has 0 atom stereocenters. The van der Waals surface area contributed by atoms with Crippen molar-refractivity contribution >= 4 is 12.1 Å². The second-order valence-electron chi connectivity index (χ2n) is 6.51. The highest BCUT2D eigenvalue weighted by Gasteiger charge is 2.18. The van der Waals surface area contributed by atoms with E-state index in [-0.39, 0.29) is 5.91 Å². The standard InChI is InChI=1S/C24H20N4O2/c1-30-21-14-12-19(13-15-21)23-22(17-28(27-23)20-10-6-3-7-11-20)24(29)26-25-16-18-8-4-2-5-9-18/h2-17H,1H3,(H,26,29)/b25-16+. The lowest BCUT2D eigenvalue weighted by Gasteiger charge is -2.03. The maximum atomic E-state index is 12.9. The normalized spacial score (nSPS) is 10.8. The molecule has 0 radical (unpaired) electrons. The highest BCUT2D eigenvalue weighted by Crippen LogP contribution is 2.25. The summed E-state index contributed by atoms with van der Waals surface area (Å²) in [7, 11) is 1.61. The van der Waals surface area contributed by atoms with Crippen molar-refractivity contribution in [2.24, 2.45) is 5.10 Å². The zero-order valence-corrected chi connectivity index (χ0v) is 16.4. The molecule has 6 nitrogen and oxygen atoms in total. The van der Waals surface area contributed by atoms with Gasteiger partial charge in [0, 0.05) is 11.8 Å². The maximum Gasteiger partial charge on any atom is 0.275 e. The van der Waals surface area contributed by atoms with Crippen LogP contribution in [0.1, 0.15) is 15.9 Å². The summed E-state index contributed by atoms with van der Waals surface area (Å²) in [5.74, 6) is 0.398. The summed E-state index contributed by atoms with van der Waals surface area (Å²) >= 11 is 0. The van der Waals surface area contributed by atoms with Gasteiger partial charge in [0.1, 0.15) is 11.4 Å². The van der Waals surface area contributed by atoms with E-state index in [2.05, 4.69) is 15.6 Å². The number of hydrazone groups is 1. The van der Waals surface area contributed by atoms with E-state index in [9.17, 15) is 4.79 Å². The summed E-state index contributed by atoms with van der Waals surface area (Å²) in [6.07, 6.45) is 3.31. The van der Waals surface area contributed by atoms with Crippen LogP contribution in [-0.2, 0) is 0 Å². The molecule has 3 aromatic carbocycles. The average Bonchev–Trinajstić information content (AvgIpc) is 3.26. The molecule has 30 heavy (non-hydrogen) atoms. The lowest BCUT2D eigenvalue weighted by atomic mass is 10.1. The Balaban J connectivity index is 1.66. The van der Waals surface area contributed by atoms with E-state index in [1.54, 1.807) is 24.2 Å². The second-order valence-corrected chi connectivity index (χ2v) is 6.51. The number of hydrogen-bond donors (Lipinski definition) is 1. The Morgan fingerprint density at radius 3 is 2.30 bits per heavy atom. The zero-order chi connectivity index (χ0) is 20.8. The predicted octanol–water partition coefficient (Wildman–Crippen LogP) is 4.31. The van der Waals surface area contributed by atoms with Crippen molar-refractivity contribution in [3.8, 4) is 22.7 Å². The van der Waals surface area contributed by atoms with Crippen LogP contribution in [0, 0.1) is 0 Å². The number of carbonyl (C=O) groups excluding carboxylic acids is 1. The van der Waals surface area contributed by atoms with Gasteiger partial charge in [0.05, 0.1) is 24.6 Å². The molecule has 0 fully saturated rings. The first kappa shape index (κ1) is 19.1. The Morgan fingerprint density at radius 1 is 0.967 bits per heavy atom. The fraction of sp³-hybridized carbons (Fsp3) is 0.0417. The first-order chi connectivity index (χ1) is 14.7. The number of amides is 1. The van der Waals surface area contributed by atoms with Crippen LogP contribution < -0.4 is 10.2 Å². The highest BCUT2D eigenvalue weighted by molar-refractivity contribution is 6.00. The van der Waals surface area contributed by atoms with E-state index < -0.39 is 0 Å². The van der Waals surface area contributed by atoms with E-state index in [0.29, 0.717) is 11.3 Å². The third kappa shape index (κ3) is 4.28. The number of hydrogen-bond acceptors (Lipinski definition) is 4. The summed E-state index contributed by atoms with van der Waals surface area (Å²) in [4.78, 5) is 12.9. The Bertz CT molecular complexity index is 1150. The summed E-state index contributed by atoms with van der Waals surface area (Å²) in [6, 6.07) is 26.6. The molecule has 0 bridgehead atoms.